The molecule has 30 heavy (non-hydrogen) atoms. The molecule has 1 aliphatic heterocycles. The highest BCUT2D eigenvalue weighted by molar-refractivity contribution is 7.80. The average Bonchev–Trinajstić information content (AvgIpc) is 2.70. The molecule has 10 heteroatoms. The molecule has 2 aromatic rings. The summed E-state index contributed by atoms with van der Waals surface area (Å²) in [6.07, 6.45) is -3.33. The van der Waals surface area contributed by atoms with Gasteiger partial charge in [-0.25, -0.2) is 0 Å². The van der Waals surface area contributed by atoms with E-state index in [2.05, 4.69) is 5.32 Å². The van der Waals surface area contributed by atoms with Crippen LogP contribution in [0.2, 0.25) is 0 Å². The predicted molar refractivity (Wildman–Crippen MR) is 107 cm³/mol. The minimum Gasteiger partial charge on any atom is -0.497 e. The van der Waals surface area contributed by atoms with Crippen LogP contribution in [0, 0.1) is 0 Å². The van der Waals surface area contributed by atoms with Crippen LogP contribution in [0.5, 0.6) is 11.5 Å². The Morgan fingerprint density at radius 1 is 1.07 bits per heavy atom. The van der Waals surface area contributed by atoms with E-state index in [1.807, 2.05) is 0 Å². The summed E-state index contributed by atoms with van der Waals surface area (Å²) in [4.78, 5) is 26.2. The fraction of sp³-hybridized carbons (Fsp3) is 0.150. The van der Waals surface area contributed by atoms with Crippen LogP contribution in [0.25, 0.3) is 6.08 Å². The van der Waals surface area contributed by atoms with E-state index in [9.17, 15) is 22.8 Å². The number of thiocarbonyl (C=S) groups is 1. The monoisotopic (exact) mass is 436 g/mol. The summed E-state index contributed by atoms with van der Waals surface area (Å²) < 4.78 is 49.5. The summed E-state index contributed by atoms with van der Waals surface area (Å²) in [6.45, 7) is 0. The van der Waals surface area contributed by atoms with Crippen molar-refractivity contribution in [2.75, 3.05) is 19.1 Å². The van der Waals surface area contributed by atoms with Crippen molar-refractivity contribution in [3.63, 3.8) is 0 Å². The SMILES string of the molecule is COc1ccc(/C=C2\C(=O)NC(=S)N(c3cccc(C(F)(F)F)c3)C2=O)c(OC)c1. The third kappa shape index (κ3) is 4.13. The van der Waals surface area contributed by atoms with Gasteiger partial charge in [-0.2, -0.15) is 13.2 Å². The van der Waals surface area contributed by atoms with Crippen molar-refractivity contribution in [2.45, 2.75) is 6.18 Å². The molecule has 1 N–H and O–H groups in total. The summed E-state index contributed by atoms with van der Waals surface area (Å²) >= 11 is 5.02. The molecule has 3 rings (SSSR count). The molecule has 0 unspecified atom stereocenters. The lowest BCUT2D eigenvalue weighted by Crippen LogP contribution is -2.54. The molecule has 2 aromatic carbocycles. The molecule has 2 amide bonds. The first-order chi connectivity index (χ1) is 14.2. The van der Waals surface area contributed by atoms with E-state index in [-0.39, 0.29) is 16.4 Å². The molecule has 0 saturated carbocycles. The third-order valence-electron chi connectivity index (χ3n) is 4.27. The van der Waals surface area contributed by atoms with E-state index < -0.39 is 23.6 Å². The van der Waals surface area contributed by atoms with Crippen LogP contribution < -0.4 is 19.7 Å². The van der Waals surface area contributed by atoms with E-state index in [0.29, 0.717) is 17.1 Å². The molecule has 1 aliphatic rings. The van der Waals surface area contributed by atoms with E-state index in [1.165, 1.54) is 26.4 Å². The molecule has 0 aromatic heterocycles. The van der Waals surface area contributed by atoms with Crippen LogP contribution >= 0.6 is 12.2 Å². The number of benzene rings is 2. The fourth-order valence-corrected chi connectivity index (χ4v) is 3.09. The normalized spacial score (nSPS) is 16.0. The van der Waals surface area contributed by atoms with Gasteiger partial charge in [0.15, 0.2) is 5.11 Å². The summed E-state index contributed by atoms with van der Waals surface area (Å²) in [7, 11) is 2.88. The summed E-state index contributed by atoms with van der Waals surface area (Å²) in [5.41, 5.74) is -0.986. The van der Waals surface area contributed by atoms with Gasteiger partial charge in [-0.05, 0) is 48.6 Å². The second kappa shape index (κ2) is 8.15. The largest absolute Gasteiger partial charge is 0.497 e. The number of nitrogens with zero attached hydrogens (tertiary/aromatic N) is 1. The minimum absolute atomic E-state index is 0.118. The Balaban J connectivity index is 2.05. The fourth-order valence-electron chi connectivity index (χ4n) is 2.81. The van der Waals surface area contributed by atoms with E-state index in [4.69, 9.17) is 21.7 Å². The standard InChI is InChI=1S/C20H15F3N2O4S/c1-28-14-7-6-11(16(10-14)29-2)8-15-17(26)24-19(30)25(18(15)27)13-5-3-4-12(9-13)20(21,22)23/h3-10H,1-2H3,(H,24,26,30)/b15-8+. The number of hydrogen-bond acceptors (Lipinski definition) is 5. The van der Waals surface area contributed by atoms with Crippen LogP contribution in [0.3, 0.4) is 0 Å². The van der Waals surface area contributed by atoms with Gasteiger partial charge in [0.1, 0.15) is 17.1 Å². The molecular weight excluding hydrogens is 421 g/mol. The molecule has 0 radical (unpaired) electrons. The lowest BCUT2D eigenvalue weighted by Gasteiger charge is -2.29. The smallest absolute Gasteiger partial charge is 0.416 e. The van der Waals surface area contributed by atoms with Gasteiger partial charge >= 0.3 is 6.18 Å². The molecule has 1 heterocycles. The highest BCUT2D eigenvalue weighted by Crippen LogP contribution is 2.33. The molecule has 0 aliphatic carbocycles. The van der Waals surface area contributed by atoms with Crippen molar-refractivity contribution in [3.05, 3.63) is 59.2 Å². The Labute approximate surface area is 174 Å². The molecular formula is C20H15F3N2O4S. The summed E-state index contributed by atoms with van der Waals surface area (Å²) in [5, 5.41) is 2.01. The quantitative estimate of drug-likeness (QED) is 0.451. The Morgan fingerprint density at radius 2 is 1.80 bits per heavy atom. The van der Waals surface area contributed by atoms with Gasteiger partial charge in [0, 0.05) is 11.6 Å². The maximum atomic E-state index is 13.1. The van der Waals surface area contributed by atoms with Crippen molar-refractivity contribution in [2.24, 2.45) is 0 Å². The van der Waals surface area contributed by atoms with Crippen molar-refractivity contribution >= 4 is 40.9 Å². The van der Waals surface area contributed by atoms with Crippen LogP contribution in [0.1, 0.15) is 11.1 Å². The van der Waals surface area contributed by atoms with Gasteiger partial charge in [0.05, 0.1) is 25.5 Å². The highest BCUT2D eigenvalue weighted by atomic mass is 32.1. The first kappa shape index (κ1) is 21.3. The van der Waals surface area contributed by atoms with Crippen LogP contribution in [0.4, 0.5) is 18.9 Å². The third-order valence-corrected chi connectivity index (χ3v) is 4.56. The van der Waals surface area contributed by atoms with Gasteiger partial charge in [0.25, 0.3) is 11.8 Å². The zero-order chi connectivity index (χ0) is 22.1. The van der Waals surface area contributed by atoms with Crippen LogP contribution in [0.15, 0.2) is 48.0 Å². The average molecular weight is 436 g/mol. The van der Waals surface area contributed by atoms with E-state index in [0.717, 1.165) is 23.1 Å². The lowest BCUT2D eigenvalue weighted by atomic mass is 10.1. The molecule has 6 nitrogen and oxygen atoms in total. The minimum atomic E-state index is -4.60. The zero-order valence-electron chi connectivity index (χ0n) is 15.7. The predicted octanol–water partition coefficient (Wildman–Crippen LogP) is 3.55. The number of rotatable bonds is 4. The number of anilines is 1. The molecule has 0 spiro atoms. The Morgan fingerprint density at radius 3 is 2.43 bits per heavy atom. The van der Waals surface area contributed by atoms with E-state index >= 15 is 0 Å². The Hall–Kier alpha value is -3.40. The van der Waals surface area contributed by atoms with Crippen molar-refractivity contribution in [1.82, 2.24) is 5.32 Å². The lowest BCUT2D eigenvalue weighted by molar-refractivity contribution is -0.137. The van der Waals surface area contributed by atoms with Gasteiger partial charge < -0.3 is 9.47 Å². The number of nitrogens with one attached hydrogen (secondary N) is 1. The highest BCUT2D eigenvalue weighted by Gasteiger charge is 2.36. The van der Waals surface area contributed by atoms with Crippen molar-refractivity contribution in [3.8, 4) is 11.5 Å². The van der Waals surface area contributed by atoms with Crippen molar-refractivity contribution in [1.29, 1.82) is 0 Å². The number of hydrogen-bond donors (Lipinski definition) is 1. The number of carbonyl (C=O) groups excluding carboxylic acids is 2. The first-order valence-electron chi connectivity index (χ1n) is 8.46. The van der Waals surface area contributed by atoms with Gasteiger partial charge in [-0.15, -0.1) is 0 Å². The second-order valence-corrected chi connectivity index (χ2v) is 6.50. The number of methoxy groups -OCH3 is 2. The van der Waals surface area contributed by atoms with Gasteiger partial charge in [-0.1, -0.05) is 6.07 Å². The molecule has 1 fully saturated rings. The number of amides is 2. The number of carbonyl (C=O) groups is 2. The molecule has 0 atom stereocenters. The number of alkyl halides is 3. The first-order valence-corrected chi connectivity index (χ1v) is 8.87. The van der Waals surface area contributed by atoms with Gasteiger partial charge in [-0.3, -0.25) is 19.8 Å². The topological polar surface area (TPSA) is 67.9 Å². The second-order valence-electron chi connectivity index (χ2n) is 6.11. The molecule has 156 valence electrons. The van der Waals surface area contributed by atoms with Crippen molar-refractivity contribution < 1.29 is 32.2 Å². The number of halogens is 3. The summed E-state index contributed by atoms with van der Waals surface area (Å²) in [6, 6.07) is 8.85. The summed E-state index contributed by atoms with van der Waals surface area (Å²) in [5.74, 6) is -0.798. The molecule has 0 bridgehead atoms. The molecule has 1 saturated heterocycles. The van der Waals surface area contributed by atoms with Gasteiger partial charge in [0.2, 0.25) is 0 Å². The van der Waals surface area contributed by atoms with Crippen LogP contribution in [-0.4, -0.2) is 31.1 Å². The maximum Gasteiger partial charge on any atom is 0.416 e. The Kier molecular flexibility index (Phi) is 5.79. The number of ether oxygens (including phenoxy) is 2. The van der Waals surface area contributed by atoms with Crippen LogP contribution in [-0.2, 0) is 15.8 Å². The van der Waals surface area contributed by atoms with E-state index in [1.54, 1.807) is 18.2 Å². The maximum absolute atomic E-state index is 13.1. The zero-order valence-corrected chi connectivity index (χ0v) is 16.6. The Bertz CT molecular complexity index is 1070.